The van der Waals surface area contributed by atoms with Gasteiger partial charge in [0.15, 0.2) is 0 Å². The quantitative estimate of drug-likeness (QED) is 0.756. The zero-order valence-corrected chi connectivity index (χ0v) is 14.3. The number of nitrogens with zero attached hydrogens (tertiary/aromatic N) is 1. The number of amides is 2. The highest BCUT2D eigenvalue weighted by atomic mass is 16.5. The fourth-order valence-electron chi connectivity index (χ4n) is 2.99. The van der Waals surface area contributed by atoms with Crippen molar-refractivity contribution in [3.05, 3.63) is 29.8 Å². The molecule has 6 heteroatoms. The van der Waals surface area contributed by atoms with Gasteiger partial charge in [-0.3, -0.25) is 9.59 Å². The molecule has 132 valence electrons. The fraction of sp³-hybridized carbons (Fsp3) is 0.556. The van der Waals surface area contributed by atoms with Gasteiger partial charge in [-0.15, -0.1) is 0 Å². The van der Waals surface area contributed by atoms with Gasteiger partial charge in [0.1, 0.15) is 5.75 Å². The molecule has 1 aromatic carbocycles. The van der Waals surface area contributed by atoms with Crippen molar-refractivity contribution in [1.29, 1.82) is 0 Å². The van der Waals surface area contributed by atoms with E-state index in [2.05, 4.69) is 12.2 Å². The molecule has 1 aromatic rings. The normalized spacial score (nSPS) is 15.0. The summed E-state index contributed by atoms with van der Waals surface area (Å²) in [7, 11) is 0. The van der Waals surface area contributed by atoms with Crippen LogP contribution in [-0.2, 0) is 4.79 Å². The van der Waals surface area contributed by atoms with Gasteiger partial charge in [0.2, 0.25) is 11.8 Å². The number of rotatable bonds is 8. The Morgan fingerprint density at radius 3 is 2.50 bits per heavy atom. The molecule has 0 spiro atoms. The Morgan fingerprint density at radius 1 is 1.25 bits per heavy atom. The van der Waals surface area contributed by atoms with E-state index >= 15 is 0 Å². The van der Waals surface area contributed by atoms with Crippen molar-refractivity contribution in [3.63, 3.8) is 0 Å². The van der Waals surface area contributed by atoms with E-state index in [0.717, 1.165) is 38.9 Å². The number of ether oxygens (including phenoxy) is 1. The molecule has 1 aliphatic rings. The summed E-state index contributed by atoms with van der Waals surface area (Å²) in [4.78, 5) is 25.6. The highest BCUT2D eigenvalue weighted by molar-refractivity contribution is 5.92. The zero-order valence-electron chi connectivity index (χ0n) is 14.3. The molecule has 0 bridgehead atoms. The van der Waals surface area contributed by atoms with Gasteiger partial charge in [0, 0.05) is 18.2 Å². The predicted molar refractivity (Wildman–Crippen MR) is 93.0 cm³/mol. The maximum Gasteiger partial charge on any atom is 0.248 e. The van der Waals surface area contributed by atoms with Crippen LogP contribution < -0.4 is 15.8 Å². The van der Waals surface area contributed by atoms with Crippen LogP contribution in [0, 0.1) is 0 Å². The number of benzene rings is 1. The molecular weight excluding hydrogens is 306 g/mol. The van der Waals surface area contributed by atoms with Gasteiger partial charge >= 0.3 is 0 Å². The highest BCUT2D eigenvalue weighted by Gasteiger charge is 2.24. The van der Waals surface area contributed by atoms with E-state index in [0.29, 0.717) is 30.4 Å². The van der Waals surface area contributed by atoms with Crippen LogP contribution in [0.15, 0.2) is 24.3 Å². The molecule has 1 saturated heterocycles. The predicted octanol–water partition coefficient (Wildman–Crippen LogP) is 1.54. The van der Waals surface area contributed by atoms with Crippen molar-refractivity contribution in [2.75, 3.05) is 26.2 Å². The molecular formula is C18H27N3O3. The van der Waals surface area contributed by atoms with E-state index in [1.165, 1.54) is 0 Å². The van der Waals surface area contributed by atoms with Crippen LogP contribution in [0.25, 0.3) is 0 Å². The molecule has 1 heterocycles. The van der Waals surface area contributed by atoms with Crippen molar-refractivity contribution in [1.82, 2.24) is 10.2 Å². The van der Waals surface area contributed by atoms with Crippen LogP contribution in [0.2, 0.25) is 0 Å². The molecule has 0 aliphatic carbocycles. The van der Waals surface area contributed by atoms with Crippen molar-refractivity contribution >= 4 is 11.8 Å². The van der Waals surface area contributed by atoms with Gasteiger partial charge in [0.25, 0.3) is 0 Å². The van der Waals surface area contributed by atoms with Crippen LogP contribution in [0.3, 0.4) is 0 Å². The molecule has 3 N–H and O–H groups in total. The SMILES string of the molecule is CCCN(C(=O)CCOc1ccc(C(N)=O)cc1)C1CCNCC1. The van der Waals surface area contributed by atoms with Crippen LogP contribution in [0.1, 0.15) is 43.0 Å². The zero-order chi connectivity index (χ0) is 17.4. The second kappa shape index (κ2) is 9.27. The Bertz CT molecular complexity index is 539. The number of piperidine rings is 1. The van der Waals surface area contributed by atoms with Crippen molar-refractivity contribution in [3.8, 4) is 5.75 Å². The number of nitrogens with one attached hydrogen (secondary N) is 1. The van der Waals surface area contributed by atoms with Gasteiger partial charge in [-0.05, 0) is 56.6 Å². The van der Waals surface area contributed by atoms with E-state index in [4.69, 9.17) is 10.5 Å². The van der Waals surface area contributed by atoms with Crippen LogP contribution >= 0.6 is 0 Å². The Balaban J connectivity index is 1.82. The number of nitrogens with two attached hydrogens (primary N) is 1. The summed E-state index contributed by atoms with van der Waals surface area (Å²) in [6.45, 7) is 5.18. The van der Waals surface area contributed by atoms with E-state index < -0.39 is 5.91 Å². The minimum absolute atomic E-state index is 0.150. The minimum atomic E-state index is -0.464. The second-order valence-corrected chi connectivity index (χ2v) is 6.06. The van der Waals surface area contributed by atoms with Crippen LogP contribution in [0.5, 0.6) is 5.75 Å². The summed E-state index contributed by atoms with van der Waals surface area (Å²) in [6.07, 6.45) is 3.36. The van der Waals surface area contributed by atoms with E-state index in [9.17, 15) is 9.59 Å². The third-order valence-corrected chi connectivity index (χ3v) is 4.26. The van der Waals surface area contributed by atoms with Crippen LogP contribution in [0.4, 0.5) is 0 Å². The Kier molecular flexibility index (Phi) is 7.06. The minimum Gasteiger partial charge on any atom is -0.493 e. The molecule has 6 nitrogen and oxygen atoms in total. The lowest BCUT2D eigenvalue weighted by Gasteiger charge is -2.34. The van der Waals surface area contributed by atoms with Gasteiger partial charge in [-0.2, -0.15) is 0 Å². The lowest BCUT2D eigenvalue weighted by Crippen LogP contribution is -2.46. The van der Waals surface area contributed by atoms with Crippen LogP contribution in [-0.4, -0.2) is 49.0 Å². The third-order valence-electron chi connectivity index (χ3n) is 4.26. The van der Waals surface area contributed by atoms with E-state index in [-0.39, 0.29) is 5.91 Å². The lowest BCUT2D eigenvalue weighted by atomic mass is 10.0. The second-order valence-electron chi connectivity index (χ2n) is 6.06. The molecule has 1 fully saturated rings. The summed E-state index contributed by atoms with van der Waals surface area (Å²) >= 11 is 0. The first-order valence-corrected chi connectivity index (χ1v) is 8.64. The Labute approximate surface area is 143 Å². The third kappa shape index (κ3) is 5.23. The fourth-order valence-corrected chi connectivity index (χ4v) is 2.99. The average molecular weight is 333 g/mol. The molecule has 0 saturated carbocycles. The Hall–Kier alpha value is -2.08. The average Bonchev–Trinajstić information content (AvgIpc) is 2.60. The van der Waals surface area contributed by atoms with Gasteiger partial charge in [-0.1, -0.05) is 6.92 Å². The van der Waals surface area contributed by atoms with Gasteiger partial charge in [0.05, 0.1) is 13.0 Å². The molecule has 0 aromatic heterocycles. The van der Waals surface area contributed by atoms with Gasteiger partial charge in [-0.25, -0.2) is 0 Å². The number of hydrogen-bond acceptors (Lipinski definition) is 4. The standard InChI is InChI=1S/C18H27N3O3/c1-2-12-21(15-7-10-20-11-8-15)17(22)9-13-24-16-5-3-14(4-6-16)18(19)23/h3-6,15,20H,2,7-13H2,1H3,(H2,19,23). The lowest BCUT2D eigenvalue weighted by molar-refractivity contribution is -0.134. The number of carbonyl (C=O) groups is 2. The van der Waals surface area contributed by atoms with Crippen molar-refractivity contribution in [2.45, 2.75) is 38.6 Å². The summed E-state index contributed by atoms with van der Waals surface area (Å²) in [5.74, 6) is 0.322. The first kappa shape index (κ1) is 18.3. The first-order valence-electron chi connectivity index (χ1n) is 8.64. The summed E-state index contributed by atoms with van der Waals surface area (Å²) in [6, 6.07) is 6.98. The largest absolute Gasteiger partial charge is 0.493 e. The molecule has 1 aliphatic heterocycles. The maximum atomic E-state index is 12.5. The van der Waals surface area contributed by atoms with Crippen molar-refractivity contribution in [2.24, 2.45) is 5.73 Å². The topological polar surface area (TPSA) is 84.7 Å². The monoisotopic (exact) mass is 333 g/mol. The highest BCUT2D eigenvalue weighted by Crippen LogP contribution is 2.15. The summed E-state index contributed by atoms with van der Waals surface area (Å²) in [5, 5.41) is 3.33. The number of hydrogen-bond donors (Lipinski definition) is 2. The first-order chi connectivity index (χ1) is 11.6. The molecule has 24 heavy (non-hydrogen) atoms. The summed E-state index contributed by atoms with van der Waals surface area (Å²) < 4.78 is 5.62. The molecule has 2 amide bonds. The number of carbonyl (C=O) groups excluding carboxylic acids is 2. The Morgan fingerprint density at radius 2 is 1.92 bits per heavy atom. The van der Waals surface area contributed by atoms with Crippen molar-refractivity contribution < 1.29 is 14.3 Å². The molecule has 0 radical (unpaired) electrons. The number of primary amides is 1. The maximum absolute atomic E-state index is 12.5. The summed E-state index contributed by atoms with van der Waals surface area (Å²) in [5.41, 5.74) is 5.64. The molecule has 0 unspecified atom stereocenters. The van der Waals surface area contributed by atoms with E-state index in [1.807, 2.05) is 4.90 Å². The molecule has 0 atom stereocenters. The molecule has 2 rings (SSSR count). The van der Waals surface area contributed by atoms with E-state index in [1.54, 1.807) is 24.3 Å². The van der Waals surface area contributed by atoms with Gasteiger partial charge < -0.3 is 20.7 Å². The smallest absolute Gasteiger partial charge is 0.248 e.